The maximum Gasteiger partial charge on any atom is 0.270 e. The predicted octanol–water partition coefficient (Wildman–Crippen LogP) is 3.82. The summed E-state index contributed by atoms with van der Waals surface area (Å²) in [7, 11) is 0. The number of rotatable bonds is 7. The van der Waals surface area contributed by atoms with Crippen LogP contribution in [0.15, 0.2) is 58.4 Å². The molecule has 0 aliphatic rings. The Morgan fingerprint density at radius 3 is 2.73 bits per heavy atom. The molecule has 2 N–H and O–H groups in total. The van der Waals surface area contributed by atoms with E-state index in [1.807, 2.05) is 26.0 Å². The fraction of sp³-hybridized carbons (Fsp3) is 0.182. The van der Waals surface area contributed by atoms with Crippen molar-refractivity contribution in [3.05, 3.63) is 81.4 Å². The number of H-pyrrole nitrogens is 1. The zero-order chi connectivity index (χ0) is 21.5. The Morgan fingerprint density at radius 2 is 2.07 bits per heavy atom. The van der Waals surface area contributed by atoms with Crippen LogP contribution < -0.4 is 11.0 Å². The number of nitrogens with zero attached hydrogens (tertiary/aromatic N) is 3. The molecule has 0 bridgehead atoms. The summed E-state index contributed by atoms with van der Waals surface area (Å²) in [6, 6.07) is 15.5. The number of benzene rings is 2. The standard InChI is InChI=1S/C22H20FN5O2/c1-14(2)30-13-17-9-8-15(10-19(17)23)12-25-28-22-26-20(16-6-4-3-5-7-16)18(11-24)21(29)27-22/h3-10,12,14H,13H2,1-2H3,(H2,26,27,28,29). The normalized spacial score (nSPS) is 11.0. The van der Waals surface area contributed by atoms with Gasteiger partial charge in [-0.3, -0.25) is 9.78 Å². The van der Waals surface area contributed by atoms with Crippen molar-refractivity contribution in [2.75, 3.05) is 5.43 Å². The minimum atomic E-state index is -0.579. The highest BCUT2D eigenvalue weighted by Gasteiger charge is 2.12. The second kappa shape index (κ2) is 9.58. The van der Waals surface area contributed by atoms with E-state index >= 15 is 0 Å². The number of nitriles is 1. The van der Waals surface area contributed by atoms with Gasteiger partial charge in [-0.15, -0.1) is 0 Å². The molecule has 0 aliphatic carbocycles. The first-order chi connectivity index (χ1) is 14.5. The zero-order valence-corrected chi connectivity index (χ0v) is 16.5. The number of anilines is 1. The van der Waals surface area contributed by atoms with Crippen LogP contribution in [0.25, 0.3) is 11.3 Å². The molecular weight excluding hydrogens is 385 g/mol. The van der Waals surface area contributed by atoms with Crippen LogP contribution in [0.1, 0.15) is 30.5 Å². The fourth-order valence-electron chi connectivity index (χ4n) is 2.62. The lowest BCUT2D eigenvalue weighted by Gasteiger charge is -2.08. The number of nitrogens with one attached hydrogen (secondary N) is 2. The first-order valence-corrected chi connectivity index (χ1v) is 9.27. The third-order valence-electron chi connectivity index (χ3n) is 4.11. The van der Waals surface area contributed by atoms with Crippen LogP contribution in [0.2, 0.25) is 0 Å². The lowest BCUT2D eigenvalue weighted by molar-refractivity contribution is 0.0639. The van der Waals surface area contributed by atoms with E-state index in [0.717, 1.165) is 0 Å². The van der Waals surface area contributed by atoms with E-state index in [0.29, 0.717) is 16.7 Å². The molecule has 0 saturated carbocycles. The molecule has 0 spiro atoms. The fourth-order valence-corrected chi connectivity index (χ4v) is 2.62. The summed E-state index contributed by atoms with van der Waals surface area (Å²) in [4.78, 5) is 19.0. The summed E-state index contributed by atoms with van der Waals surface area (Å²) in [6.45, 7) is 3.96. The molecular formula is C22H20FN5O2. The summed E-state index contributed by atoms with van der Waals surface area (Å²) in [5, 5.41) is 13.3. The van der Waals surface area contributed by atoms with Gasteiger partial charge in [0.05, 0.1) is 24.6 Å². The molecule has 0 amide bonds. The Balaban J connectivity index is 1.78. The summed E-state index contributed by atoms with van der Waals surface area (Å²) in [6.07, 6.45) is 1.41. The largest absolute Gasteiger partial charge is 0.374 e. The van der Waals surface area contributed by atoms with Crippen molar-refractivity contribution in [1.29, 1.82) is 5.26 Å². The first kappa shape index (κ1) is 20.9. The molecule has 1 heterocycles. The van der Waals surface area contributed by atoms with Crippen LogP contribution in [0.4, 0.5) is 10.3 Å². The highest BCUT2D eigenvalue weighted by atomic mass is 19.1. The van der Waals surface area contributed by atoms with E-state index in [9.17, 15) is 14.4 Å². The molecule has 3 aromatic rings. The molecule has 0 unspecified atom stereocenters. The number of halogens is 1. The van der Waals surface area contributed by atoms with Gasteiger partial charge in [0, 0.05) is 11.1 Å². The van der Waals surface area contributed by atoms with Gasteiger partial charge in [0.1, 0.15) is 17.4 Å². The molecule has 3 rings (SSSR count). The number of ether oxygens (including phenoxy) is 1. The number of hydrazone groups is 1. The van der Waals surface area contributed by atoms with Gasteiger partial charge in [0.15, 0.2) is 0 Å². The van der Waals surface area contributed by atoms with Gasteiger partial charge in [0.25, 0.3) is 5.56 Å². The highest BCUT2D eigenvalue weighted by Crippen LogP contribution is 2.19. The Bertz CT molecular complexity index is 1150. The number of hydrogen-bond donors (Lipinski definition) is 2. The lowest BCUT2D eigenvalue weighted by atomic mass is 10.1. The van der Waals surface area contributed by atoms with E-state index in [1.54, 1.807) is 36.4 Å². The van der Waals surface area contributed by atoms with E-state index in [-0.39, 0.29) is 29.9 Å². The minimum absolute atomic E-state index is 0.0118. The van der Waals surface area contributed by atoms with Gasteiger partial charge in [-0.05, 0) is 25.5 Å². The Morgan fingerprint density at radius 1 is 1.30 bits per heavy atom. The zero-order valence-electron chi connectivity index (χ0n) is 16.5. The molecule has 0 fully saturated rings. The van der Waals surface area contributed by atoms with Gasteiger partial charge in [0.2, 0.25) is 5.95 Å². The smallest absolute Gasteiger partial charge is 0.270 e. The first-order valence-electron chi connectivity index (χ1n) is 9.27. The van der Waals surface area contributed by atoms with E-state index in [4.69, 9.17) is 4.74 Å². The number of aromatic nitrogens is 2. The average Bonchev–Trinajstić information content (AvgIpc) is 2.73. The van der Waals surface area contributed by atoms with Crippen molar-refractivity contribution < 1.29 is 9.13 Å². The van der Waals surface area contributed by atoms with Crippen LogP contribution in [0.5, 0.6) is 0 Å². The predicted molar refractivity (Wildman–Crippen MR) is 113 cm³/mol. The summed E-state index contributed by atoms with van der Waals surface area (Å²) >= 11 is 0. The van der Waals surface area contributed by atoms with Crippen molar-refractivity contribution in [1.82, 2.24) is 9.97 Å². The third-order valence-corrected chi connectivity index (χ3v) is 4.11. The second-order valence-corrected chi connectivity index (χ2v) is 6.70. The van der Waals surface area contributed by atoms with E-state index in [2.05, 4.69) is 20.5 Å². The van der Waals surface area contributed by atoms with Crippen LogP contribution >= 0.6 is 0 Å². The van der Waals surface area contributed by atoms with Crippen LogP contribution in [0, 0.1) is 17.1 Å². The van der Waals surface area contributed by atoms with Gasteiger partial charge in [-0.2, -0.15) is 10.4 Å². The van der Waals surface area contributed by atoms with E-state index in [1.165, 1.54) is 12.3 Å². The molecule has 0 aliphatic heterocycles. The molecule has 1 aromatic heterocycles. The quantitative estimate of drug-likeness (QED) is 0.459. The van der Waals surface area contributed by atoms with Crippen molar-refractivity contribution in [2.45, 2.75) is 26.6 Å². The van der Waals surface area contributed by atoms with Crippen molar-refractivity contribution in [3.8, 4) is 17.3 Å². The molecule has 152 valence electrons. The van der Waals surface area contributed by atoms with Crippen LogP contribution in [-0.4, -0.2) is 22.3 Å². The van der Waals surface area contributed by atoms with Crippen LogP contribution in [0.3, 0.4) is 0 Å². The molecule has 0 saturated heterocycles. The van der Waals surface area contributed by atoms with Gasteiger partial charge in [-0.1, -0.05) is 42.5 Å². The van der Waals surface area contributed by atoms with Crippen molar-refractivity contribution in [2.24, 2.45) is 5.10 Å². The number of hydrogen-bond acceptors (Lipinski definition) is 6. The topological polar surface area (TPSA) is 103 Å². The van der Waals surface area contributed by atoms with Crippen molar-refractivity contribution in [3.63, 3.8) is 0 Å². The van der Waals surface area contributed by atoms with E-state index < -0.39 is 11.4 Å². The molecule has 30 heavy (non-hydrogen) atoms. The number of aromatic amines is 1. The SMILES string of the molecule is CC(C)OCc1ccc(C=NNc2nc(-c3ccccc3)c(C#N)c(=O)[nH]2)cc1F. The summed E-state index contributed by atoms with van der Waals surface area (Å²) in [5.41, 5.74) is 3.81. The lowest BCUT2D eigenvalue weighted by Crippen LogP contribution is -2.16. The third kappa shape index (κ3) is 5.16. The monoisotopic (exact) mass is 405 g/mol. The van der Waals surface area contributed by atoms with Crippen molar-refractivity contribution >= 4 is 12.2 Å². The maximum absolute atomic E-state index is 14.2. The van der Waals surface area contributed by atoms with Gasteiger partial charge in [-0.25, -0.2) is 14.8 Å². The van der Waals surface area contributed by atoms with Gasteiger partial charge < -0.3 is 4.74 Å². The Kier molecular flexibility index (Phi) is 6.67. The molecule has 8 heteroatoms. The molecule has 2 aromatic carbocycles. The molecule has 0 radical (unpaired) electrons. The summed E-state index contributed by atoms with van der Waals surface area (Å²) < 4.78 is 19.6. The molecule has 0 atom stereocenters. The minimum Gasteiger partial charge on any atom is -0.374 e. The van der Waals surface area contributed by atoms with Gasteiger partial charge >= 0.3 is 0 Å². The maximum atomic E-state index is 14.2. The Labute approximate surface area is 172 Å². The second-order valence-electron chi connectivity index (χ2n) is 6.70. The average molecular weight is 405 g/mol. The molecule has 7 nitrogen and oxygen atoms in total. The summed E-state index contributed by atoms with van der Waals surface area (Å²) in [5.74, 6) is -0.326. The Hall–Kier alpha value is -3.83. The van der Waals surface area contributed by atoms with Crippen LogP contribution in [-0.2, 0) is 11.3 Å². The highest BCUT2D eigenvalue weighted by molar-refractivity contribution is 5.80.